The van der Waals surface area contributed by atoms with Crippen LogP contribution in [0.3, 0.4) is 0 Å². The highest BCUT2D eigenvalue weighted by Crippen LogP contribution is 2.22. The van der Waals surface area contributed by atoms with Crippen molar-refractivity contribution >= 4 is 11.9 Å². The molecule has 1 amide bonds. The van der Waals surface area contributed by atoms with Crippen LogP contribution in [0.1, 0.15) is 206 Å². The number of unbranched alkanes of at least 4 members (excludes halogenated alkanes) is 23. The number of nitrogens with one attached hydrogen (secondary N) is 1. The first-order chi connectivity index (χ1) is 29.7. The summed E-state index contributed by atoms with van der Waals surface area (Å²) in [6.45, 7) is 4.15. The number of rotatable bonds is 41. The summed E-state index contributed by atoms with van der Waals surface area (Å²) < 4.78 is 16.6. The van der Waals surface area contributed by atoms with E-state index < -0.39 is 49.5 Å². The standard InChI is InChI=1S/C50H91NO10/c1-3-5-7-9-11-13-16-20-24-28-32-36-43(53)42(41-60-50-49(58)48(57)47(56)44(40-52)61-50)51-45(54)37-33-29-25-21-18-15-19-23-27-31-35-39-59-46(55)38-34-30-26-22-17-14-12-10-8-6-4-2/h7,9,16,20,32,36,42-44,47-50,52-53,56-58H,3-6,8,10-15,17-19,21-31,33-35,37-41H2,1-2H3,(H,51,54)/b9-7+,20-16+,36-32+. The van der Waals surface area contributed by atoms with Crippen molar-refractivity contribution in [3.8, 4) is 0 Å². The van der Waals surface area contributed by atoms with Crippen molar-refractivity contribution in [3.63, 3.8) is 0 Å². The number of aliphatic hydroxyl groups is 5. The molecule has 7 unspecified atom stereocenters. The summed E-state index contributed by atoms with van der Waals surface area (Å²) in [5.74, 6) is -0.261. The number of amides is 1. The Kier molecular flexibility index (Phi) is 37.9. The molecule has 0 saturated carbocycles. The predicted molar refractivity (Wildman–Crippen MR) is 246 cm³/mol. The number of hydrogen-bond acceptors (Lipinski definition) is 10. The van der Waals surface area contributed by atoms with Gasteiger partial charge in [0.25, 0.3) is 0 Å². The van der Waals surface area contributed by atoms with Crippen LogP contribution < -0.4 is 5.32 Å². The molecule has 61 heavy (non-hydrogen) atoms. The lowest BCUT2D eigenvalue weighted by atomic mass is 9.99. The topological polar surface area (TPSA) is 175 Å². The summed E-state index contributed by atoms with van der Waals surface area (Å²) in [5.41, 5.74) is 0. The fourth-order valence-corrected chi connectivity index (χ4v) is 7.47. The molecule has 1 rings (SSSR count). The lowest BCUT2D eigenvalue weighted by molar-refractivity contribution is -0.302. The highest BCUT2D eigenvalue weighted by atomic mass is 16.7. The first-order valence-corrected chi connectivity index (χ1v) is 24.8. The van der Waals surface area contributed by atoms with Gasteiger partial charge in [0, 0.05) is 12.8 Å². The lowest BCUT2D eigenvalue weighted by Gasteiger charge is -2.40. The number of aliphatic hydroxyl groups excluding tert-OH is 5. The molecule has 0 aromatic rings. The zero-order valence-electron chi connectivity index (χ0n) is 38.6. The lowest BCUT2D eigenvalue weighted by Crippen LogP contribution is -2.60. The Bertz CT molecular complexity index is 1110. The molecule has 0 spiro atoms. The molecule has 6 N–H and O–H groups in total. The van der Waals surface area contributed by atoms with Crippen molar-refractivity contribution < 1.29 is 49.3 Å². The minimum Gasteiger partial charge on any atom is -0.466 e. The summed E-state index contributed by atoms with van der Waals surface area (Å²) in [5, 5.41) is 54.1. The van der Waals surface area contributed by atoms with Crippen molar-refractivity contribution in [2.45, 2.75) is 249 Å². The van der Waals surface area contributed by atoms with Gasteiger partial charge in [-0.2, -0.15) is 0 Å². The Morgan fingerprint density at radius 1 is 0.590 bits per heavy atom. The van der Waals surface area contributed by atoms with Crippen molar-refractivity contribution in [1.82, 2.24) is 5.32 Å². The Balaban J connectivity index is 2.22. The van der Waals surface area contributed by atoms with Gasteiger partial charge in [-0.3, -0.25) is 9.59 Å². The molecule has 1 aliphatic heterocycles. The fraction of sp³-hybridized carbons (Fsp3) is 0.840. The molecule has 356 valence electrons. The molecule has 1 saturated heterocycles. The van der Waals surface area contributed by atoms with Gasteiger partial charge < -0.3 is 45.1 Å². The number of esters is 1. The molecule has 0 aromatic carbocycles. The number of carbonyl (C=O) groups is 2. The molecule has 11 nitrogen and oxygen atoms in total. The van der Waals surface area contributed by atoms with Crippen molar-refractivity contribution in [2.75, 3.05) is 19.8 Å². The van der Waals surface area contributed by atoms with Crippen LogP contribution in [0.5, 0.6) is 0 Å². The Morgan fingerprint density at radius 2 is 1.07 bits per heavy atom. The highest BCUT2D eigenvalue weighted by molar-refractivity contribution is 5.76. The Morgan fingerprint density at radius 3 is 1.59 bits per heavy atom. The van der Waals surface area contributed by atoms with Crippen LogP contribution in [0.2, 0.25) is 0 Å². The summed E-state index contributed by atoms with van der Waals surface area (Å²) in [7, 11) is 0. The van der Waals surface area contributed by atoms with E-state index in [1.807, 2.05) is 6.08 Å². The number of allylic oxidation sites excluding steroid dienone is 5. The van der Waals surface area contributed by atoms with Gasteiger partial charge in [-0.1, -0.05) is 179 Å². The second-order valence-electron chi connectivity index (χ2n) is 17.2. The van der Waals surface area contributed by atoms with E-state index in [4.69, 9.17) is 14.2 Å². The van der Waals surface area contributed by atoms with E-state index in [2.05, 4.69) is 43.5 Å². The quantitative estimate of drug-likeness (QED) is 0.0197. The van der Waals surface area contributed by atoms with Gasteiger partial charge in [0.2, 0.25) is 5.91 Å². The molecular formula is C50H91NO10. The van der Waals surface area contributed by atoms with Crippen molar-refractivity contribution in [1.29, 1.82) is 0 Å². The van der Waals surface area contributed by atoms with Gasteiger partial charge in [-0.15, -0.1) is 0 Å². The smallest absolute Gasteiger partial charge is 0.305 e. The number of ether oxygens (including phenoxy) is 3. The molecule has 0 aromatic heterocycles. The van der Waals surface area contributed by atoms with E-state index in [-0.39, 0.29) is 18.5 Å². The maximum atomic E-state index is 13.0. The van der Waals surface area contributed by atoms with E-state index in [1.165, 1.54) is 89.9 Å². The maximum absolute atomic E-state index is 13.0. The van der Waals surface area contributed by atoms with Crippen LogP contribution in [0.15, 0.2) is 36.5 Å². The van der Waals surface area contributed by atoms with Crippen LogP contribution in [0.4, 0.5) is 0 Å². The monoisotopic (exact) mass is 866 g/mol. The summed E-state index contributed by atoms with van der Waals surface area (Å²) in [6.07, 6.45) is 36.5. The summed E-state index contributed by atoms with van der Waals surface area (Å²) in [4.78, 5) is 25.0. The summed E-state index contributed by atoms with van der Waals surface area (Å²) >= 11 is 0. The van der Waals surface area contributed by atoms with Gasteiger partial charge in [-0.05, 0) is 51.4 Å². The zero-order chi connectivity index (χ0) is 44.6. The second kappa shape index (κ2) is 40.6. The summed E-state index contributed by atoms with van der Waals surface area (Å²) in [6, 6.07) is -0.847. The predicted octanol–water partition coefficient (Wildman–Crippen LogP) is 9.60. The zero-order valence-corrected chi connectivity index (χ0v) is 38.6. The average Bonchev–Trinajstić information content (AvgIpc) is 3.25. The van der Waals surface area contributed by atoms with Gasteiger partial charge in [0.15, 0.2) is 6.29 Å². The molecular weight excluding hydrogens is 775 g/mol. The fourth-order valence-electron chi connectivity index (χ4n) is 7.47. The SMILES string of the molecule is CCC/C=C/CC/C=C/CC/C=C/C(O)C(COC1OC(CO)C(O)C(O)C1O)NC(=O)CCCCCCCCCCCCCOC(=O)CCCCCCCCCCCCC. The van der Waals surface area contributed by atoms with E-state index in [1.54, 1.807) is 6.08 Å². The van der Waals surface area contributed by atoms with Crippen LogP contribution >= 0.6 is 0 Å². The molecule has 1 fully saturated rings. The molecule has 0 aliphatic carbocycles. The Labute approximate surface area is 371 Å². The van der Waals surface area contributed by atoms with Crippen LogP contribution in [-0.2, 0) is 23.8 Å². The van der Waals surface area contributed by atoms with Gasteiger partial charge >= 0.3 is 5.97 Å². The Hall–Kier alpha value is -2.12. The minimum absolute atomic E-state index is 0.0430. The van der Waals surface area contributed by atoms with Crippen LogP contribution in [0, 0.1) is 0 Å². The van der Waals surface area contributed by atoms with Gasteiger partial charge in [0.05, 0.1) is 32.0 Å². The van der Waals surface area contributed by atoms with Crippen LogP contribution in [0.25, 0.3) is 0 Å². The van der Waals surface area contributed by atoms with Crippen molar-refractivity contribution in [3.05, 3.63) is 36.5 Å². The van der Waals surface area contributed by atoms with E-state index in [0.717, 1.165) is 83.5 Å². The third-order valence-corrected chi connectivity index (χ3v) is 11.5. The first kappa shape index (κ1) is 56.9. The van der Waals surface area contributed by atoms with Crippen molar-refractivity contribution in [2.24, 2.45) is 0 Å². The maximum Gasteiger partial charge on any atom is 0.305 e. The highest BCUT2D eigenvalue weighted by Gasteiger charge is 2.44. The second-order valence-corrected chi connectivity index (χ2v) is 17.2. The third kappa shape index (κ3) is 31.4. The first-order valence-electron chi connectivity index (χ1n) is 24.8. The van der Waals surface area contributed by atoms with Crippen LogP contribution in [-0.4, -0.2) is 100 Å². The van der Waals surface area contributed by atoms with Gasteiger partial charge in [0.1, 0.15) is 24.4 Å². The third-order valence-electron chi connectivity index (χ3n) is 11.5. The molecule has 1 aliphatic rings. The molecule has 11 heteroatoms. The minimum atomic E-state index is -1.59. The largest absolute Gasteiger partial charge is 0.466 e. The van der Waals surface area contributed by atoms with Gasteiger partial charge in [-0.25, -0.2) is 0 Å². The molecule has 7 atom stereocenters. The van der Waals surface area contributed by atoms with E-state index >= 15 is 0 Å². The number of hydrogen-bond donors (Lipinski definition) is 6. The average molecular weight is 866 g/mol. The molecule has 0 bridgehead atoms. The molecule has 0 radical (unpaired) electrons. The molecule has 1 heterocycles. The number of carbonyl (C=O) groups excluding carboxylic acids is 2. The van der Waals surface area contributed by atoms with E-state index in [0.29, 0.717) is 25.9 Å². The normalized spacial score (nSPS) is 20.5. The van der Waals surface area contributed by atoms with E-state index in [9.17, 15) is 35.1 Å².